The molecule has 0 radical (unpaired) electrons. The lowest BCUT2D eigenvalue weighted by Crippen LogP contribution is -2.50. The van der Waals surface area contributed by atoms with Gasteiger partial charge in [0.05, 0.1) is 25.0 Å². The second kappa shape index (κ2) is 7.90. The Morgan fingerprint density at radius 1 is 1.14 bits per heavy atom. The molecule has 0 aliphatic carbocycles. The molecule has 3 heterocycles. The van der Waals surface area contributed by atoms with Crippen LogP contribution in [0, 0.1) is 0 Å². The molecule has 0 spiro atoms. The molecule has 1 aliphatic heterocycles. The van der Waals surface area contributed by atoms with Crippen molar-refractivity contribution in [2.45, 2.75) is 26.3 Å². The number of benzene rings is 1. The van der Waals surface area contributed by atoms with Crippen molar-refractivity contribution in [2.75, 3.05) is 24.5 Å². The Labute approximate surface area is 164 Å². The molecule has 1 fully saturated rings. The monoisotopic (exact) mass is 377 g/mol. The van der Waals surface area contributed by atoms with E-state index in [1.807, 2.05) is 29.2 Å². The Hall–Kier alpha value is -3.06. The van der Waals surface area contributed by atoms with Gasteiger partial charge in [-0.3, -0.25) is 14.7 Å². The molecule has 0 N–H and O–H groups in total. The van der Waals surface area contributed by atoms with Gasteiger partial charge in [0.25, 0.3) is 0 Å². The average molecular weight is 377 g/mol. The summed E-state index contributed by atoms with van der Waals surface area (Å²) in [5.74, 6) is 1.62. The molecule has 3 aromatic rings. The summed E-state index contributed by atoms with van der Waals surface area (Å²) in [6.45, 7) is 6.45. The molecule has 28 heavy (non-hydrogen) atoms. The summed E-state index contributed by atoms with van der Waals surface area (Å²) >= 11 is 0. The van der Waals surface area contributed by atoms with Gasteiger partial charge < -0.3 is 9.42 Å². The second-order valence-electron chi connectivity index (χ2n) is 7.26. The molecule has 0 atom stereocenters. The summed E-state index contributed by atoms with van der Waals surface area (Å²) < 4.78 is 5.41. The predicted molar refractivity (Wildman–Crippen MR) is 106 cm³/mol. The molecule has 7 heteroatoms. The highest BCUT2D eigenvalue weighted by atomic mass is 16.5. The summed E-state index contributed by atoms with van der Waals surface area (Å²) in [6, 6.07) is 11.9. The number of aromatic nitrogens is 3. The topological polar surface area (TPSA) is 75.4 Å². The first-order valence-corrected chi connectivity index (χ1v) is 9.46. The molecule has 1 amide bonds. The smallest absolute Gasteiger partial charge is 0.241 e. The molecule has 4 rings (SSSR count). The second-order valence-corrected chi connectivity index (χ2v) is 7.26. The van der Waals surface area contributed by atoms with Crippen LogP contribution in [-0.4, -0.2) is 45.6 Å². The Bertz CT molecular complexity index is 937. The van der Waals surface area contributed by atoms with Gasteiger partial charge in [-0.2, -0.15) is 4.98 Å². The summed E-state index contributed by atoms with van der Waals surface area (Å²) in [6.07, 6.45) is 3.41. The summed E-state index contributed by atoms with van der Waals surface area (Å²) in [5, 5.41) is 4.09. The van der Waals surface area contributed by atoms with Gasteiger partial charge in [-0.1, -0.05) is 43.3 Å². The predicted octanol–water partition coefficient (Wildman–Crippen LogP) is 3.10. The third-order valence-corrected chi connectivity index (χ3v) is 4.92. The maximum Gasteiger partial charge on any atom is 0.241 e. The van der Waals surface area contributed by atoms with Gasteiger partial charge >= 0.3 is 0 Å². The molecule has 7 nitrogen and oxygen atoms in total. The van der Waals surface area contributed by atoms with Crippen molar-refractivity contribution < 1.29 is 9.32 Å². The van der Waals surface area contributed by atoms with Gasteiger partial charge in [0.1, 0.15) is 0 Å². The van der Waals surface area contributed by atoms with Gasteiger partial charge in [0.2, 0.25) is 17.6 Å². The molecule has 144 valence electrons. The molecule has 1 saturated heterocycles. The zero-order valence-electron chi connectivity index (χ0n) is 16.1. The highest BCUT2D eigenvalue weighted by molar-refractivity contribution is 5.95. The third kappa shape index (κ3) is 3.94. The molecule has 0 saturated carbocycles. The van der Waals surface area contributed by atoms with Crippen LogP contribution >= 0.6 is 0 Å². The van der Waals surface area contributed by atoms with E-state index in [4.69, 9.17) is 4.52 Å². The van der Waals surface area contributed by atoms with Crippen LogP contribution in [0.3, 0.4) is 0 Å². The Morgan fingerprint density at radius 3 is 2.64 bits per heavy atom. The number of nitrogens with zero attached hydrogens (tertiary/aromatic N) is 5. The molecule has 1 aromatic carbocycles. The zero-order chi connectivity index (χ0) is 19.5. The lowest BCUT2D eigenvalue weighted by atomic mass is 10.0. The Kier molecular flexibility index (Phi) is 5.16. The number of amides is 1. The van der Waals surface area contributed by atoms with E-state index < -0.39 is 0 Å². The average Bonchev–Trinajstić information content (AvgIpc) is 3.17. The fourth-order valence-corrected chi connectivity index (χ4v) is 3.29. The van der Waals surface area contributed by atoms with E-state index in [2.05, 4.69) is 41.1 Å². The number of pyridine rings is 1. The fraction of sp³-hybridized carbons (Fsp3) is 0.333. The van der Waals surface area contributed by atoms with Crippen molar-refractivity contribution in [3.8, 4) is 11.4 Å². The molecule has 1 aliphatic rings. The number of carbonyl (C=O) groups is 1. The maximum atomic E-state index is 12.5. The first kappa shape index (κ1) is 18.3. The quantitative estimate of drug-likeness (QED) is 0.680. The van der Waals surface area contributed by atoms with Crippen LogP contribution in [0.4, 0.5) is 5.69 Å². The van der Waals surface area contributed by atoms with Crippen LogP contribution in [0.2, 0.25) is 0 Å². The zero-order valence-corrected chi connectivity index (χ0v) is 16.1. The standard InChI is InChI=1S/C21H23N5O2/c1-15(2)16-5-7-17(8-6-16)21-23-19(28-24-21)13-25-10-11-26(20(27)14-25)18-4-3-9-22-12-18/h3-9,12,15H,10-11,13-14H2,1-2H3. The van der Waals surface area contributed by atoms with Crippen molar-refractivity contribution in [3.63, 3.8) is 0 Å². The number of hydrogen-bond donors (Lipinski definition) is 0. The lowest BCUT2D eigenvalue weighted by molar-refractivity contribution is -0.121. The van der Waals surface area contributed by atoms with Crippen LogP contribution in [0.1, 0.15) is 31.2 Å². The number of rotatable bonds is 5. The maximum absolute atomic E-state index is 12.5. The van der Waals surface area contributed by atoms with Gasteiger partial charge in [-0.25, -0.2) is 0 Å². The lowest BCUT2D eigenvalue weighted by Gasteiger charge is -2.33. The first-order valence-electron chi connectivity index (χ1n) is 9.46. The fourth-order valence-electron chi connectivity index (χ4n) is 3.29. The SMILES string of the molecule is CC(C)c1ccc(-c2noc(CN3CCN(c4cccnc4)C(=O)C3)n2)cc1. The third-order valence-electron chi connectivity index (χ3n) is 4.92. The molecule has 2 aromatic heterocycles. The van der Waals surface area contributed by atoms with Crippen LogP contribution < -0.4 is 4.90 Å². The molecule has 0 bridgehead atoms. The van der Waals surface area contributed by atoms with Crippen LogP contribution in [0.25, 0.3) is 11.4 Å². The van der Waals surface area contributed by atoms with E-state index in [1.165, 1.54) is 5.56 Å². The van der Waals surface area contributed by atoms with Gasteiger partial charge in [-0.05, 0) is 23.6 Å². The number of piperazine rings is 1. The first-order chi connectivity index (χ1) is 13.6. The number of hydrogen-bond acceptors (Lipinski definition) is 6. The summed E-state index contributed by atoms with van der Waals surface area (Å²) in [5.41, 5.74) is 3.03. The number of anilines is 1. The summed E-state index contributed by atoms with van der Waals surface area (Å²) in [7, 11) is 0. The van der Waals surface area contributed by atoms with E-state index in [9.17, 15) is 4.79 Å². The van der Waals surface area contributed by atoms with Gasteiger partial charge in [-0.15, -0.1) is 0 Å². The van der Waals surface area contributed by atoms with Crippen molar-refractivity contribution >= 4 is 11.6 Å². The van der Waals surface area contributed by atoms with Gasteiger partial charge in [0.15, 0.2) is 0 Å². The van der Waals surface area contributed by atoms with Crippen molar-refractivity contribution in [3.05, 3.63) is 60.2 Å². The Morgan fingerprint density at radius 2 is 1.96 bits per heavy atom. The minimum atomic E-state index is 0.0447. The van der Waals surface area contributed by atoms with Crippen LogP contribution in [-0.2, 0) is 11.3 Å². The van der Waals surface area contributed by atoms with Crippen molar-refractivity contribution in [1.82, 2.24) is 20.0 Å². The minimum absolute atomic E-state index is 0.0447. The van der Waals surface area contributed by atoms with Gasteiger partial charge in [0, 0.05) is 24.8 Å². The van der Waals surface area contributed by atoms with E-state index in [0.29, 0.717) is 37.3 Å². The van der Waals surface area contributed by atoms with E-state index >= 15 is 0 Å². The van der Waals surface area contributed by atoms with Crippen LogP contribution in [0.5, 0.6) is 0 Å². The number of carbonyl (C=O) groups excluding carboxylic acids is 1. The van der Waals surface area contributed by atoms with Crippen LogP contribution in [0.15, 0.2) is 53.3 Å². The summed E-state index contributed by atoms with van der Waals surface area (Å²) in [4.78, 5) is 24.9. The largest absolute Gasteiger partial charge is 0.338 e. The van der Waals surface area contributed by atoms with Crippen molar-refractivity contribution in [1.29, 1.82) is 0 Å². The molecule has 0 unspecified atom stereocenters. The highest BCUT2D eigenvalue weighted by Crippen LogP contribution is 2.21. The van der Waals surface area contributed by atoms with E-state index in [1.54, 1.807) is 17.3 Å². The highest BCUT2D eigenvalue weighted by Gasteiger charge is 2.26. The normalized spacial score (nSPS) is 15.4. The van der Waals surface area contributed by atoms with Crippen molar-refractivity contribution in [2.24, 2.45) is 0 Å². The molecular formula is C21H23N5O2. The molecular weight excluding hydrogens is 354 g/mol. The van der Waals surface area contributed by atoms with E-state index in [0.717, 1.165) is 17.8 Å². The van der Waals surface area contributed by atoms with E-state index in [-0.39, 0.29) is 5.91 Å². The minimum Gasteiger partial charge on any atom is -0.338 e. The Balaban J connectivity index is 1.39.